The van der Waals surface area contributed by atoms with Gasteiger partial charge in [0.15, 0.2) is 0 Å². The second-order valence-electron chi connectivity index (χ2n) is 3.42. The lowest BCUT2D eigenvalue weighted by atomic mass is 10.1. The van der Waals surface area contributed by atoms with Crippen LogP contribution < -0.4 is 0 Å². The second-order valence-corrected chi connectivity index (χ2v) is 3.42. The van der Waals surface area contributed by atoms with E-state index in [1.54, 1.807) is 6.08 Å². The number of hydrogen-bond acceptors (Lipinski definition) is 1. The van der Waals surface area contributed by atoms with E-state index in [2.05, 4.69) is 6.92 Å². The van der Waals surface area contributed by atoms with E-state index in [1.807, 2.05) is 24.8 Å². The molecular formula is C9H15NO. The molecule has 0 spiro atoms. The van der Waals surface area contributed by atoms with Gasteiger partial charge in [-0.3, -0.25) is 4.79 Å². The first-order valence-electron chi connectivity index (χ1n) is 4.10. The molecule has 1 aliphatic heterocycles. The van der Waals surface area contributed by atoms with Crippen molar-refractivity contribution >= 4 is 5.91 Å². The van der Waals surface area contributed by atoms with Gasteiger partial charge in [-0.2, -0.15) is 0 Å². The van der Waals surface area contributed by atoms with Crippen molar-refractivity contribution < 1.29 is 4.79 Å². The van der Waals surface area contributed by atoms with Crippen LogP contribution in [0.15, 0.2) is 12.2 Å². The van der Waals surface area contributed by atoms with Gasteiger partial charge in [-0.15, -0.1) is 0 Å². The zero-order chi connectivity index (χ0) is 8.43. The number of rotatable bonds is 1. The fourth-order valence-corrected chi connectivity index (χ4v) is 1.27. The summed E-state index contributed by atoms with van der Waals surface area (Å²) in [4.78, 5) is 13.1. The average molecular weight is 153 g/mol. The summed E-state index contributed by atoms with van der Waals surface area (Å²) >= 11 is 0. The Kier molecular flexibility index (Phi) is 2.32. The lowest BCUT2D eigenvalue weighted by molar-refractivity contribution is -0.128. The molecule has 2 nitrogen and oxygen atoms in total. The topological polar surface area (TPSA) is 20.3 Å². The van der Waals surface area contributed by atoms with Crippen LogP contribution in [0.3, 0.4) is 0 Å². The molecule has 1 heterocycles. The van der Waals surface area contributed by atoms with Gasteiger partial charge in [0.2, 0.25) is 5.91 Å². The van der Waals surface area contributed by atoms with Crippen molar-refractivity contribution in [2.75, 3.05) is 6.54 Å². The molecule has 62 valence electrons. The Balaban J connectivity index is 2.68. The molecule has 0 aromatic heterocycles. The molecule has 1 atom stereocenters. The Morgan fingerprint density at radius 3 is 2.73 bits per heavy atom. The predicted octanol–water partition coefficient (Wildman–Crippen LogP) is 1.43. The molecule has 1 unspecified atom stereocenters. The summed E-state index contributed by atoms with van der Waals surface area (Å²) in [6, 6.07) is 0.329. The summed E-state index contributed by atoms with van der Waals surface area (Å²) in [5, 5.41) is 0. The minimum atomic E-state index is 0.151. The predicted molar refractivity (Wildman–Crippen MR) is 45.2 cm³/mol. The fraction of sp³-hybridized carbons (Fsp3) is 0.667. The molecule has 0 radical (unpaired) electrons. The minimum Gasteiger partial charge on any atom is -0.336 e. The molecule has 0 aliphatic carbocycles. The van der Waals surface area contributed by atoms with Crippen LogP contribution >= 0.6 is 0 Å². The number of amides is 1. The van der Waals surface area contributed by atoms with Gasteiger partial charge in [0.25, 0.3) is 0 Å². The first kappa shape index (κ1) is 8.31. The molecular weight excluding hydrogens is 138 g/mol. The normalized spacial score (nSPS) is 24.9. The maximum absolute atomic E-state index is 11.2. The van der Waals surface area contributed by atoms with Gasteiger partial charge >= 0.3 is 0 Å². The fourth-order valence-electron chi connectivity index (χ4n) is 1.27. The molecule has 1 rings (SSSR count). The third-order valence-corrected chi connectivity index (χ3v) is 1.96. The SMILES string of the molecule is CC1C=CC(=O)N(C(C)C)C1. The van der Waals surface area contributed by atoms with E-state index in [9.17, 15) is 4.79 Å². The van der Waals surface area contributed by atoms with Crippen LogP contribution in [0.4, 0.5) is 0 Å². The second kappa shape index (κ2) is 3.07. The monoisotopic (exact) mass is 153 g/mol. The van der Waals surface area contributed by atoms with Gasteiger partial charge in [-0.1, -0.05) is 13.0 Å². The Bertz CT molecular complexity index is 184. The van der Waals surface area contributed by atoms with Gasteiger partial charge in [-0.25, -0.2) is 0 Å². The van der Waals surface area contributed by atoms with Crippen LogP contribution in [0, 0.1) is 5.92 Å². The Hall–Kier alpha value is -0.790. The van der Waals surface area contributed by atoms with Gasteiger partial charge in [0.05, 0.1) is 0 Å². The van der Waals surface area contributed by atoms with E-state index in [-0.39, 0.29) is 5.91 Å². The highest BCUT2D eigenvalue weighted by molar-refractivity contribution is 5.88. The lowest BCUT2D eigenvalue weighted by Crippen LogP contribution is -2.40. The largest absolute Gasteiger partial charge is 0.336 e. The van der Waals surface area contributed by atoms with Crippen molar-refractivity contribution in [1.29, 1.82) is 0 Å². The number of carbonyl (C=O) groups is 1. The zero-order valence-electron chi connectivity index (χ0n) is 7.37. The molecule has 0 saturated heterocycles. The number of carbonyl (C=O) groups excluding carboxylic acids is 1. The van der Waals surface area contributed by atoms with E-state index in [4.69, 9.17) is 0 Å². The Labute approximate surface area is 67.9 Å². The molecule has 0 N–H and O–H groups in total. The Morgan fingerprint density at radius 1 is 1.64 bits per heavy atom. The third kappa shape index (κ3) is 1.82. The average Bonchev–Trinajstić information content (AvgIpc) is 1.94. The molecule has 0 fully saturated rings. The third-order valence-electron chi connectivity index (χ3n) is 1.96. The van der Waals surface area contributed by atoms with E-state index in [0.29, 0.717) is 12.0 Å². The standard InChI is InChI=1S/C9H15NO/c1-7(2)10-6-8(3)4-5-9(10)11/h4-5,7-8H,6H2,1-3H3. The number of nitrogens with zero attached hydrogens (tertiary/aromatic N) is 1. The van der Waals surface area contributed by atoms with Crippen LogP contribution in [-0.2, 0) is 4.79 Å². The highest BCUT2D eigenvalue weighted by atomic mass is 16.2. The van der Waals surface area contributed by atoms with Gasteiger partial charge in [0.1, 0.15) is 0 Å². The minimum absolute atomic E-state index is 0.151. The maximum Gasteiger partial charge on any atom is 0.246 e. The van der Waals surface area contributed by atoms with Crippen LogP contribution in [0.2, 0.25) is 0 Å². The zero-order valence-corrected chi connectivity index (χ0v) is 7.37. The van der Waals surface area contributed by atoms with Crippen LogP contribution in [0.5, 0.6) is 0 Å². The van der Waals surface area contributed by atoms with E-state index in [0.717, 1.165) is 6.54 Å². The van der Waals surface area contributed by atoms with E-state index in [1.165, 1.54) is 0 Å². The highest BCUT2D eigenvalue weighted by Crippen LogP contribution is 2.11. The van der Waals surface area contributed by atoms with Gasteiger partial charge in [0, 0.05) is 12.6 Å². The molecule has 2 heteroatoms. The molecule has 1 amide bonds. The molecule has 1 aliphatic rings. The number of hydrogen-bond donors (Lipinski definition) is 0. The summed E-state index contributed by atoms with van der Waals surface area (Å²) in [6.45, 7) is 7.08. The summed E-state index contributed by atoms with van der Waals surface area (Å²) in [5.74, 6) is 0.660. The first-order valence-corrected chi connectivity index (χ1v) is 4.10. The molecule has 11 heavy (non-hydrogen) atoms. The van der Waals surface area contributed by atoms with Crippen molar-refractivity contribution in [1.82, 2.24) is 4.90 Å². The molecule has 0 aromatic carbocycles. The van der Waals surface area contributed by atoms with Gasteiger partial charge in [-0.05, 0) is 25.8 Å². The van der Waals surface area contributed by atoms with E-state index >= 15 is 0 Å². The van der Waals surface area contributed by atoms with Crippen molar-refractivity contribution in [3.05, 3.63) is 12.2 Å². The quantitative estimate of drug-likeness (QED) is 0.558. The summed E-state index contributed by atoms with van der Waals surface area (Å²) in [5.41, 5.74) is 0. The van der Waals surface area contributed by atoms with Crippen molar-refractivity contribution in [2.24, 2.45) is 5.92 Å². The molecule has 0 bridgehead atoms. The lowest BCUT2D eigenvalue weighted by Gasteiger charge is -2.30. The Morgan fingerprint density at radius 2 is 2.27 bits per heavy atom. The van der Waals surface area contributed by atoms with Crippen LogP contribution in [0.25, 0.3) is 0 Å². The summed E-state index contributed by atoms with van der Waals surface area (Å²) in [7, 11) is 0. The maximum atomic E-state index is 11.2. The van der Waals surface area contributed by atoms with Crippen LogP contribution in [-0.4, -0.2) is 23.4 Å². The van der Waals surface area contributed by atoms with Crippen molar-refractivity contribution in [2.45, 2.75) is 26.8 Å². The smallest absolute Gasteiger partial charge is 0.246 e. The molecule has 0 aromatic rings. The van der Waals surface area contributed by atoms with E-state index < -0.39 is 0 Å². The highest BCUT2D eigenvalue weighted by Gasteiger charge is 2.19. The van der Waals surface area contributed by atoms with Gasteiger partial charge < -0.3 is 4.90 Å². The molecule has 0 saturated carbocycles. The first-order chi connectivity index (χ1) is 5.11. The van der Waals surface area contributed by atoms with Crippen molar-refractivity contribution in [3.8, 4) is 0 Å². The summed E-state index contributed by atoms with van der Waals surface area (Å²) in [6.07, 6.45) is 3.65. The van der Waals surface area contributed by atoms with Crippen molar-refractivity contribution in [3.63, 3.8) is 0 Å². The summed E-state index contributed by atoms with van der Waals surface area (Å²) < 4.78 is 0. The van der Waals surface area contributed by atoms with Crippen LogP contribution in [0.1, 0.15) is 20.8 Å².